The third-order valence-corrected chi connectivity index (χ3v) is 6.80. The summed E-state index contributed by atoms with van der Waals surface area (Å²) in [5.74, 6) is 1.32. The third-order valence-electron chi connectivity index (χ3n) is 2.90. The maximum absolute atomic E-state index is 12.4. The second kappa shape index (κ2) is 8.66. The van der Waals surface area contributed by atoms with E-state index >= 15 is 0 Å². The first-order valence-corrected chi connectivity index (χ1v) is 9.88. The molecule has 0 amide bonds. The lowest BCUT2D eigenvalue weighted by Crippen LogP contribution is -2.05. The Morgan fingerprint density at radius 2 is 2.05 bits per heavy atom. The summed E-state index contributed by atoms with van der Waals surface area (Å²) in [6, 6.07) is 5.46. The molecule has 1 aromatic carbocycles. The highest BCUT2D eigenvalue weighted by Crippen LogP contribution is 2.36. The Morgan fingerprint density at radius 3 is 2.62 bits per heavy atom. The molecule has 0 aliphatic carbocycles. The number of methoxy groups -OCH3 is 1. The molecule has 0 N–H and O–H groups in total. The molecule has 4 nitrogen and oxygen atoms in total. The molecule has 0 aromatic heterocycles. The van der Waals surface area contributed by atoms with Crippen molar-refractivity contribution >= 4 is 44.7 Å². The fourth-order valence-electron chi connectivity index (χ4n) is 1.54. The number of rotatable bonds is 7. The van der Waals surface area contributed by atoms with Gasteiger partial charge in [0.25, 0.3) is 0 Å². The van der Waals surface area contributed by atoms with Crippen molar-refractivity contribution in [3.05, 3.63) is 23.2 Å². The van der Waals surface area contributed by atoms with Gasteiger partial charge >= 0.3 is 5.97 Å². The molecular weight excluding hydrogens is 330 g/mol. The highest BCUT2D eigenvalue weighted by Gasteiger charge is 2.10. The van der Waals surface area contributed by atoms with Crippen molar-refractivity contribution in [2.24, 2.45) is 4.36 Å². The number of halogens is 1. The fraction of sp³-hybridized carbons (Fsp3) is 0.500. The molecule has 21 heavy (non-hydrogen) atoms. The van der Waals surface area contributed by atoms with Crippen molar-refractivity contribution < 1.29 is 13.7 Å². The number of carbonyl (C=O) groups excluding carboxylic acids is 1. The van der Waals surface area contributed by atoms with E-state index in [2.05, 4.69) is 9.10 Å². The van der Waals surface area contributed by atoms with Gasteiger partial charge in [0.15, 0.2) is 0 Å². The van der Waals surface area contributed by atoms with E-state index in [9.17, 15) is 9.00 Å². The second-order valence-electron chi connectivity index (χ2n) is 4.21. The minimum atomic E-state index is -2.24. The Kier molecular flexibility index (Phi) is 7.56. The second-order valence-corrected chi connectivity index (χ2v) is 8.60. The molecule has 1 rings (SSSR count). The van der Waals surface area contributed by atoms with Crippen LogP contribution < -0.4 is 0 Å². The number of carbonyl (C=O) groups is 1. The molecule has 0 heterocycles. The summed E-state index contributed by atoms with van der Waals surface area (Å²) in [7, 11) is -0.871. The van der Waals surface area contributed by atoms with Crippen LogP contribution in [0, 0.1) is 0 Å². The van der Waals surface area contributed by atoms with Gasteiger partial charge in [-0.3, -0.25) is 4.79 Å². The van der Waals surface area contributed by atoms with Gasteiger partial charge in [0.1, 0.15) is 0 Å². The summed E-state index contributed by atoms with van der Waals surface area (Å²) in [6.07, 6.45) is 0.319. The molecule has 0 bridgehead atoms. The number of benzene rings is 1. The van der Waals surface area contributed by atoms with Crippen LogP contribution in [-0.4, -0.2) is 34.5 Å². The number of nitrogens with zero attached hydrogens (tertiary/aromatic N) is 1. The van der Waals surface area contributed by atoms with Crippen LogP contribution in [0.1, 0.15) is 20.3 Å². The smallest absolute Gasteiger partial charge is 0.306 e. The first-order valence-electron chi connectivity index (χ1n) is 6.66. The Labute approximate surface area is 135 Å². The predicted molar refractivity (Wildman–Crippen MR) is 90.1 cm³/mol. The molecule has 7 heteroatoms. The summed E-state index contributed by atoms with van der Waals surface area (Å²) in [5.41, 5.74) is 0.549. The van der Waals surface area contributed by atoms with Gasteiger partial charge in [0, 0.05) is 22.2 Å². The number of esters is 1. The van der Waals surface area contributed by atoms with Crippen molar-refractivity contribution in [3.8, 4) is 0 Å². The zero-order valence-corrected chi connectivity index (χ0v) is 14.8. The van der Waals surface area contributed by atoms with Crippen LogP contribution in [-0.2, 0) is 19.3 Å². The van der Waals surface area contributed by atoms with Crippen LogP contribution >= 0.6 is 23.4 Å². The minimum absolute atomic E-state index is 0.251. The predicted octanol–water partition coefficient (Wildman–Crippen LogP) is 4.13. The molecule has 0 saturated carbocycles. The van der Waals surface area contributed by atoms with Gasteiger partial charge in [-0.15, -0.1) is 11.8 Å². The van der Waals surface area contributed by atoms with E-state index in [4.69, 9.17) is 11.6 Å². The fourth-order valence-corrected chi connectivity index (χ4v) is 3.99. The van der Waals surface area contributed by atoms with E-state index in [1.807, 2.05) is 26.0 Å². The highest BCUT2D eigenvalue weighted by molar-refractivity contribution is 7.99. The monoisotopic (exact) mass is 349 g/mol. The van der Waals surface area contributed by atoms with Gasteiger partial charge in [0.2, 0.25) is 0 Å². The summed E-state index contributed by atoms with van der Waals surface area (Å²) in [5, 5.41) is 0.488. The van der Waals surface area contributed by atoms with Crippen LogP contribution in [0.25, 0.3) is 0 Å². The topological polar surface area (TPSA) is 55.7 Å². The number of thioether (sulfide) groups is 1. The molecule has 118 valence electrons. The van der Waals surface area contributed by atoms with E-state index < -0.39 is 9.73 Å². The normalized spacial score (nSPS) is 11.2. The molecule has 0 saturated heterocycles. The van der Waals surface area contributed by atoms with E-state index in [0.29, 0.717) is 34.4 Å². The van der Waals surface area contributed by atoms with Gasteiger partial charge in [-0.05, 0) is 12.1 Å². The molecule has 0 unspecified atom stereocenters. The average molecular weight is 350 g/mol. The lowest BCUT2D eigenvalue weighted by molar-refractivity contribution is -0.140. The van der Waals surface area contributed by atoms with Gasteiger partial charge in [-0.1, -0.05) is 31.5 Å². The van der Waals surface area contributed by atoms with Gasteiger partial charge in [-0.25, -0.2) is 4.21 Å². The minimum Gasteiger partial charge on any atom is -0.469 e. The first-order chi connectivity index (χ1) is 9.95. The van der Waals surface area contributed by atoms with Crippen molar-refractivity contribution in [3.63, 3.8) is 0 Å². The van der Waals surface area contributed by atoms with E-state index in [-0.39, 0.29) is 5.97 Å². The summed E-state index contributed by atoms with van der Waals surface area (Å²) >= 11 is 7.78. The number of hydrogen-bond donors (Lipinski definition) is 0. The third kappa shape index (κ3) is 5.52. The molecule has 0 radical (unpaired) electrons. The van der Waals surface area contributed by atoms with Crippen LogP contribution in [0.2, 0.25) is 5.02 Å². The summed E-state index contributed by atoms with van der Waals surface area (Å²) in [6.45, 7) is 3.72. The van der Waals surface area contributed by atoms with Crippen molar-refractivity contribution in [1.82, 2.24) is 0 Å². The average Bonchev–Trinajstić information content (AvgIpc) is 2.50. The Balaban J connectivity index is 2.94. The molecule has 0 spiro atoms. The van der Waals surface area contributed by atoms with Crippen LogP contribution in [0.15, 0.2) is 27.5 Å². The van der Waals surface area contributed by atoms with Gasteiger partial charge in [-0.2, -0.15) is 4.36 Å². The Morgan fingerprint density at radius 1 is 1.38 bits per heavy atom. The Hall–Kier alpha value is -0.720. The largest absolute Gasteiger partial charge is 0.469 e. The van der Waals surface area contributed by atoms with Crippen molar-refractivity contribution in [2.75, 3.05) is 24.4 Å². The molecule has 0 aliphatic heterocycles. The lowest BCUT2D eigenvalue weighted by Gasteiger charge is -2.08. The zero-order valence-electron chi connectivity index (χ0n) is 12.4. The van der Waals surface area contributed by atoms with E-state index in [0.717, 1.165) is 4.90 Å². The van der Waals surface area contributed by atoms with Crippen LogP contribution in [0.3, 0.4) is 0 Å². The standard InChI is InChI=1S/C14H20ClNO3S2/c1-4-21(18,5-2)16-11-7-6-8-12(14(11)15)20-10-9-13(17)19-3/h6-8H,4-5,9-10H2,1-3H3. The quantitative estimate of drug-likeness (QED) is 0.548. The molecule has 0 atom stereocenters. The molecule has 0 aliphatic rings. The van der Waals surface area contributed by atoms with Crippen LogP contribution in [0.5, 0.6) is 0 Å². The molecular formula is C14H20ClNO3S2. The maximum Gasteiger partial charge on any atom is 0.306 e. The first kappa shape index (κ1) is 18.3. The van der Waals surface area contributed by atoms with Gasteiger partial charge in [0.05, 0.1) is 34.0 Å². The van der Waals surface area contributed by atoms with Crippen molar-refractivity contribution in [2.45, 2.75) is 25.2 Å². The summed E-state index contributed by atoms with van der Waals surface area (Å²) < 4.78 is 21.3. The van der Waals surface area contributed by atoms with Crippen molar-refractivity contribution in [1.29, 1.82) is 0 Å². The van der Waals surface area contributed by atoms with E-state index in [1.165, 1.54) is 18.9 Å². The lowest BCUT2D eigenvalue weighted by atomic mass is 10.3. The molecule has 0 fully saturated rings. The zero-order chi connectivity index (χ0) is 15.9. The number of ether oxygens (including phenoxy) is 1. The highest BCUT2D eigenvalue weighted by atomic mass is 35.5. The number of hydrogen-bond acceptors (Lipinski definition) is 5. The SMILES string of the molecule is CCS(=O)(CC)=Nc1cccc(SCCC(=O)OC)c1Cl. The Bertz CT molecular complexity index is 600. The maximum atomic E-state index is 12.4. The molecule has 1 aromatic rings. The van der Waals surface area contributed by atoms with E-state index in [1.54, 1.807) is 6.07 Å². The summed E-state index contributed by atoms with van der Waals surface area (Å²) in [4.78, 5) is 11.9. The van der Waals surface area contributed by atoms with Crippen LogP contribution in [0.4, 0.5) is 5.69 Å². The van der Waals surface area contributed by atoms with Gasteiger partial charge < -0.3 is 4.74 Å².